The van der Waals surface area contributed by atoms with Crippen molar-refractivity contribution >= 4 is 47.0 Å². The van der Waals surface area contributed by atoms with Gasteiger partial charge in [0.2, 0.25) is 0 Å². The van der Waals surface area contributed by atoms with E-state index in [0.29, 0.717) is 43.9 Å². The fourth-order valence-electron chi connectivity index (χ4n) is 10.3. The molecule has 2 aliphatic rings. The van der Waals surface area contributed by atoms with Crippen LogP contribution < -0.4 is 9.47 Å². The maximum atomic E-state index is 12.9. The molecule has 8 nitrogen and oxygen atoms in total. The molecule has 472 valence electrons. The summed E-state index contributed by atoms with van der Waals surface area (Å²) in [6, 6.07) is 27.7. The lowest BCUT2D eigenvalue weighted by Gasteiger charge is -2.43. The average Bonchev–Trinajstić information content (AvgIpc) is 1.56. The van der Waals surface area contributed by atoms with E-state index in [1.54, 1.807) is 44.2 Å². The number of methoxy groups -OCH3 is 2. The molecule has 22 heteroatoms. The Bertz CT molecular complexity index is 2510. The Morgan fingerprint density at radius 3 is 1.33 bits per heavy atom. The number of hydrogen-bond acceptors (Lipinski definition) is 12. The van der Waals surface area contributed by atoms with Gasteiger partial charge in [0.1, 0.15) is 23.0 Å². The van der Waals surface area contributed by atoms with Gasteiger partial charge in [-0.05, 0) is 157 Å². The summed E-state index contributed by atoms with van der Waals surface area (Å²) in [6.45, 7) is 7.39. The standard InChI is InChI=1S/C33H45F5O5S2.C29H37F5O3S2/c1-31(25-10-12-26(13-11-25)42-23-39-2)22-45-30-21-27(43-24-40-3)14-15-28(30)29(31)9-5-4-6-17-41-18-8-20-44-19-7-16-32(34,35)33(36,37)38;1-27(21-8-10-22(35)11-9-21)20-39-26-19-23(36)12-13-24(26)25(27)7-3-2-4-15-37-16-6-18-38-17-5-14-28(30,31)29(32,33)34/h10-15,21,29H,4-9,16-20,22-24H2,1-3H3;8-13,19,25,35-36H,2-7,14-18,20H2,1H3/t29-,31-;25-,27-/m11/s1. The van der Waals surface area contributed by atoms with Crippen molar-refractivity contribution in [3.8, 4) is 23.0 Å². The first kappa shape index (κ1) is 71.4. The molecule has 0 aliphatic carbocycles. The van der Waals surface area contributed by atoms with Crippen molar-refractivity contribution in [3.63, 3.8) is 0 Å². The molecule has 0 aromatic heterocycles. The molecule has 0 saturated heterocycles. The third-order valence-corrected chi connectivity index (χ3v) is 20.3. The summed E-state index contributed by atoms with van der Waals surface area (Å²) in [5.41, 5.74) is 4.84. The van der Waals surface area contributed by atoms with E-state index in [2.05, 4.69) is 38.1 Å². The van der Waals surface area contributed by atoms with Crippen LogP contribution in [0.5, 0.6) is 23.0 Å². The van der Waals surface area contributed by atoms with Crippen molar-refractivity contribution in [2.75, 3.05) is 88.8 Å². The molecule has 0 saturated carbocycles. The van der Waals surface area contributed by atoms with Gasteiger partial charge in [-0.3, -0.25) is 0 Å². The molecule has 0 fully saturated rings. The van der Waals surface area contributed by atoms with Gasteiger partial charge in [0.05, 0.1) is 0 Å². The van der Waals surface area contributed by atoms with E-state index < -0.39 is 37.0 Å². The smallest absolute Gasteiger partial charge is 0.453 e. The van der Waals surface area contributed by atoms with E-state index >= 15 is 0 Å². The Morgan fingerprint density at radius 2 is 0.869 bits per heavy atom. The summed E-state index contributed by atoms with van der Waals surface area (Å²) in [7, 11) is 3.20. The van der Waals surface area contributed by atoms with Crippen LogP contribution in [-0.2, 0) is 29.8 Å². The van der Waals surface area contributed by atoms with Gasteiger partial charge in [-0.15, -0.1) is 23.5 Å². The molecule has 0 amide bonds. The van der Waals surface area contributed by atoms with Crippen molar-refractivity contribution in [2.24, 2.45) is 0 Å². The van der Waals surface area contributed by atoms with Crippen molar-refractivity contribution < 1.29 is 82.5 Å². The zero-order valence-electron chi connectivity index (χ0n) is 48.4. The Balaban J connectivity index is 0.000000310. The zero-order chi connectivity index (χ0) is 61.3. The molecule has 0 radical (unpaired) electrons. The highest BCUT2D eigenvalue weighted by molar-refractivity contribution is 8.00. The number of fused-ring (bicyclic) bond motifs is 2. The summed E-state index contributed by atoms with van der Waals surface area (Å²) in [5.74, 6) is -2.84. The molecule has 4 aromatic rings. The Labute approximate surface area is 506 Å². The first-order valence-electron chi connectivity index (χ1n) is 28.5. The quantitative estimate of drug-likeness (QED) is 0.0258. The van der Waals surface area contributed by atoms with E-state index in [1.807, 2.05) is 54.2 Å². The van der Waals surface area contributed by atoms with E-state index in [1.165, 1.54) is 50.7 Å². The number of rotatable bonds is 36. The van der Waals surface area contributed by atoms with Gasteiger partial charge >= 0.3 is 24.2 Å². The molecule has 4 atom stereocenters. The Morgan fingerprint density at radius 1 is 0.476 bits per heavy atom. The van der Waals surface area contributed by atoms with Crippen LogP contribution in [0.3, 0.4) is 0 Å². The second-order valence-electron chi connectivity index (χ2n) is 21.6. The van der Waals surface area contributed by atoms with Gasteiger partial charge in [0, 0.05) is 85.6 Å². The Kier molecular flexibility index (Phi) is 29.7. The summed E-state index contributed by atoms with van der Waals surface area (Å²) in [4.78, 5) is 2.35. The lowest BCUT2D eigenvalue weighted by Crippen LogP contribution is -2.36. The fourth-order valence-corrected chi connectivity index (χ4v) is 14.9. The van der Waals surface area contributed by atoms with Gasteiger partial charge in [-0.25, -0.2) is 0 Å². The van der Waals surface area contributed by atoms with Crippen molar-refractivity contribution in [2.45, 2.75) is 160 Å². The van der Waals surface area contributed by atoms with Crippen LogP contribution >= 0.6 is 47.0 Å². The molecule has 0 spiro atoms. The summed E-state index contributed by atoms with van der Waals surface area (Å²) in [5, 5.41) is 19.7. The maximum absolute atomic E-state index is 12.9. The van der Waals surface area contributed by atoms with Crippen molar-refractivity contribution in [1.29, 1.82) is 0 Å². The first-order valence-corrected chi connectivity index (χ1v) is 32.8. The van der Waals surface area contributed by atoms with Crippen molar-refractivity contribution in [3.05, 3.63) is 107 Å². The monoisotopic (exact) mass is 1270 g/mol. The number of phenols is 2. The number of hydrogen-bond donors (Lipinski definition) is 2. The topological polar surface area (TPSA) is 95.8 Å². The normalized spacial score (nSPS) is 19.1. The number of unbranched alkanes of at least 4 members (excludes halogenated alkanes) is 4. The van der Waals surface area contributed by atoms with Gasteiger partial charge in [0.15, 0.2) is 13.6 Å². The first-order chi connectivity index (χ1) is 40.0. The molecule has 4 aromatic carbocycles. The van der Waals surface area contributed by atoms with Crippen molar-refractivity contribution in [1.82, 2.24) is 0 Å². The minimum Gasteiger partial charge on any atom is -0.508 e. The molecule has 0 bridgehead atoms. The molecular weight excluding hydrogens is 1190 g/mol. The van der Waals surface area contributed by atoms with Crippen LogP contribution in [-0.4, -0.2) is 123 Å². The van der Waals surface area contributed by atoms with E-state index in [0.717, 1.165) is 92.1 Å². The molecule has 2 N–H and O–H groups in total. The third kappa shape index (κ3) is 22.0. The SMILES string of the molecule is COCOc1ccc([C@@]2(C)CSc3cc(OCOC)ccc3[C@H]2CCCCCOCCCSCCCC(F)(F)C(F)(F)F)cc1.C[C@]1(c2ccc(O)cc2)CSc2cc(O)ccc2[C@H]1CCCCCOCCCSCCCC(F)(F)C(F)(F)F. The van der Waals surface area contributed by atoms with Crippen LogP contribution in [0.25, 0.3) is 0 Å². The second kappa shape index (κ2) is 35.0. The number of ether oxygens (including phenoxy) is 6. The molecule has 6 rings (SSSR count). The van der Waals surface area contributed by atoms with E-state index in [-0.39, 0.29) is 66.2 Å². The number of thioether (sulfide) groups is 4. The minimum atomic E-state index is -5.47. The molecular formula is C62H82F10O8S4. The van der Waals surface area contributed by atoms with E-state index in [4.69, 9.17) is 28.4 Å². The highest BCUT2D eigenvalue weighted by Crippen LogP contribution is 2.54. The predicted molar refractivity (Wildman–Crippen MR) is 319 cm³/mol. The zero-order valence-corrected chi connectivity index (χ0v) is 51.6. The lowest BCUT2D eigenvalue weighted by atomic mass is 9.68. The lowest BCUT2D eigenvalue weighted by molar-refractivity contribution is -0.284. The summed E-state index contributed by atoms with van der Waals surface area (Å²) >= 11 is 6.36. The number of phenolic OH excluding ortho intramolecular Hbond substituents is 2. The number of aromatic hydroxyl groups is 2. The summed E-state index contributed by atoms with van der Waals surface area (Å²) in [6.07, 6.45) is -4.19. The predicted octanol–water partition coefficient (Wildman–Crippen LogP) is 18.4. The third-order valence-electron chi connectivity index (χ3n) is 15.2. The van der Waals surface area contributed by atoms with Gasteiger partial charge in [0.25, 0.3) is 0 Å². The highest BCUT2D eigenvalue weighted by Gasteiger charge is 2.57. The highest BCUT2D eigenvalue weighted by atomic mass is 32.2. The number of halogens is 10. The molecule has 0 unspecified atom stereocenters. The maximum Gasteiger partial charge on any atom is 0.453 e. The van der Waals surface area contributed by atoms with E-state index in [9.17, 15) is 54.1 Å². The fraction of sp³-hybridized carbons (Fsp3) is 0.613. The van der Waals surface area contributed by atoms with Gasteiger partial charge in [-0.1, -0.05) is 75.9 Å². The molecule has 2 aliphatic heterocycles. The molecule has 84 heavy (non-hydrogen) atoms. The largest absolute Gasteiger partial charge is 0.508 e. The van der Waals surface area contributed by atoms with Crippen LogP contribution in [0.15, 0.2) is 94.7 Å². The van der Waals surface area contributed by atoms with Crippen LogP contribution in [0, 0.1) is 0 Å². The van der Waals surface area contributed by atoms with Crippen LogP contribution in [0.4, 0.5) is 43.9 Å². The van der Waals surface area contributed by atoms with Gasteiger partial charge < -0.3 is 38.6 Å². The second-order valence-corrected chi connectivity index (χ2v) is 26.1. The minimum absolute atomic E-state index is 0.0802. The van der Waals surface area contributed by atoms with Gasteiger partial charge in [-0.2, -0.15) is 67.4 Å². The number of alkyl halides is 10. The number of benzene rings is 4. The average molecular weight is 1270 g/mol. The Hall–Kier alpha value is -3.38. The summed E-state index contributed by atoms with van der Waals surface area (Å²) < 4.78 is 158. The van der Waals surface area contributed by atoms with Crippen LogP contribution in [0.2, 0.25) is 0 Å². The van der Waals surface area contributed by atoms with Crippen LogP contribution in [0.1, 0.15) is 138 Å². The molecule has 2 heterocycles.